The molecule has 0 aliphatic carbocycles. The molecule has 0 radical (unpaired) electrons. The van der Waals surface area contributed by atoms with Crippen LogP contribution in [0.25, 0.3) is 22.3 Å². The molecule has 3 rings (SSSR count). The fourth-order valence-electron chi connectivity index (χ4n) is 3.39. The minimum absolute atomic E-state index is 0.0329. The second kappa shape index (κ2) is 10.6. The van der Waals surface area contributed by atoms with Crippen molar-refractivity contribution in [2.75, 3.05) is 19.8 Å². The zero-order valence-electron chi connectivity index (χ0n) is 18.1. The molecular formula is C27H28O4. The molecule has 31 heavy (non-hydrogen) atoms. The third-order valence-corrected chi connectivity index (χ3v) is 5.02. The summed E-state index contributed by atoms with van der Waals surface area (Å²) in [6.07, 6.45) is 0.493. The molecule has 4 heteroatoms. The van der Waals surface area contributed by atoms with Gasteiger partial charge in [0.1, 0.15) is 19.0 Å². The minimum atomic E-state index is -0.429. The highest BCUT2D eigenvalue weighted by Crippen LogP contribution is 2.32. The molecule has 3 aromatic rings. The summed E-state index contributed by atoms with van der Waals surface area (Å²) in [5.41, 5.74) is 6.95. The van der Waals surface area contributed by atoms with Gasteiger partial charge in [-0.2, -0.15) is 0 Å². The van der Waals surface area contributed by atoms with Gasteiger partial charge in [-0.15, -0.1) is 0 Å². The Balaban J connectivity index is 1.80. The van der Waals surface area contributed by atoms with Crippen molar-refractivity contribution in [3.63, 3.8) is 0 Å². The molecule has 1 N–H and O–H groups in total. The van der Waals surface area contributed by atoms with Crippen LogP contribution in [0.1, 0.15) is 18.1 Å². The number of carbonyl (C=O) groups is 1. The normalized spacial score (nSPS) is 10.5. The fraction of sp³-hybridized carbons (Fsp3) is 0.222. The van der Waals surface area contributed by atoms with Crippen LogP contribution in [0.3, 0.4) is 0 Å². The van der Waals surface area contributed by atoms with Gasteiger partial charge in [-0.05, 0) is 59.7 Å². The lowest BCUT2D eigenvalue weighted by Crippen LogP contribution is -2.13. The molecule has 160 valence electrons. The smallest absolute Gasteiger partial charge is 0.333 e. The molecule has 0 bridgehead atoms. The number of ether oxygens (including phenoxy) is 2. The Labute approximate surface area is 183 Å². The van der Waals surface area contributed by atoms with E-state index in [2.05, 4.69) is 43.8 Å². The van der Waals surface area contributed by atoms with E-state index >= 15 is 0 Å². The average molecular weight is 417 g/mol. The number of aliphatic hydroxyl groups excluding tert-OH is 1. The van der Waals surface area contributed by atoms with Gasteiger partial charge in [-0.3, -0.25) is 0 Å². The van der Waals surface area contributed by atoms with Gasteiger partial charge in [0.05, 0.1) is 0 Å². The summed E-state index contributed by atoms with van der Waals surface area (Å²) < 4.78 is 11.0. The van der Waals surface area contributed by atoms with E-state index in [4.69, 9.17) is 9.47 Å². The molecule has 0 unspecified atom stereocenters. The van der Waals surface area contributed by atoms with Crippen molar-refractivity contribution < 1.29 is 19.4 Å². The van der Waals surface area contributed by atoms with Crippen molar-refractivity contribution in [2.45, 2.75) is 20.3 Å². The lowest BCUT2D eigenvalue weighted by Gasteiger charge is -2.15. The van der Waals surface area contributed by atoms with Crippen molar-refractivity contribution in [3.05, 3.63) is 90.0 Å². The van der Waals surface area contributed by atoms with Gasteiger partial charge >= 0.3 is 5.97 Å². The first kappa shape index (κ1) is 22.3. The standard InChI is InChI=1S/C27H28O4/c1-19(2)27(29)31-16-15-30-26-18-24(10-9-22(26)13-14-28)25-12-11-23(17-20(25)3)21-7-5-4-6-8-21/h4-12,17-18,28H,1,13-16H2,2-3H3. The Bertz CT molecular complexity index is 1050. The fourth-order valence-corrected chi connectivity index (χ4v) is 3.39. The molecular weight excluding hydrogens is 388 g/mol. The van der Waals surface area contributed by atoms with Gasteiger partial charge in [-0.25, -0.2) is 4.79 Å². The number of carbonyl (C=O) groups excluding carboxylic acids is 1. The molecule has 4 nitrogen and oxygen atoms in total. The van der Waals surface area contributed by atoms with Crippen molar-refractivity contribution >= 4 is 5.97 Å². The van der Waals surface area contributed by atoms with E-state index < -0.39 is 5.97 Å². The molecule has 0 amide bonds. The highest BCUT2D eigenvalue weighted by molar-refractivity contribution is 5.86. The third-order valence-electron chi connectivity index (χ3n) is 5.02. The molecule has 0 aliphatic rings. The topological polar surface area (TPSA) is 55.8 Å². The maximum absolute atomic E-state index is 11.5. The van der Waals surface area contributed by atoms with Gasteiger partial charge in [0, 0.05) is 12.2 Å². The molecule has 0 saturated carbocycles. The number of hydrogen-bond acceptors (Lipinski definition) is 4. The largest absolute Gasteiger partial charge is 0.490 e. The summed E-state index contributed by atoms with van der Waals surface area (Å²) in [7, 11) is 0. The first-order valence-electron chi connectivity index (χ1n) is 10.3. The monoisotopic (exact) mass is 416 g/mol. The van der Waals surface area contributed by atoms with Gasteiger partial charge in [-0.1, -0.05) is 67.2 Å². The Morgan fingerprint density at radius 2 is 1.68 bits per heavy atom. The Kier molecular flexibility index (Phi) is 7.63. The predicted octanol–water partition coefficient (Wildman–Crippen LogP) is 5.36. The van der Waals surface area contributed by atoms with E-state index in [1.54, 1.807) is 6.92 Å². The predicted molar refractivity (Wildman–Crippen MR) is 124 cm³/mol. The first-order chi connectivity index (χ1) is 15.0. The Morgan fingerprint density at radius 1 is 0.935 bits per heavy atom. The maximum atomic E-state index is 11.5. The van der Waals surface area contributed by atoms with E-state index in [1.807, 2.05) is 36.4 Å². The van der Waals surface area contributed by atoms with Crippen molar-refractivity contribution in [2.24, 2.45) is 0 Å². The molecule has 0 atom stereocenters. The van der Waals surface area contributed by atoms with Gasteiger partial charge < -0.3 is 14.6 Å². The zero-order chi connectivity index (χ0) is 22.2. The summed E-state index contributed by atoms with van der Waals surface area (Å²) in [6, 6.07) is 22.7. The van der Waals surface area contributed by atoms with Crippen LogP contribution in [0.4, 0.5) is 0 Å². The number of aliphatic hydroxyl groups is 1. The number of hydrogen-bond donors (Lipinski definition) is 1. The van der Waals surface area contributed by atoms with E-state index in [-0.39, 0.29) is 19.8 Å². The first-order valence-corrected chi connectivity index (χ1v) is 10.3. The Morgan fingerprint density at radius 3 is 2.35 bits per heavy atom. The lowest BCUT2D eigenvalue weighted by molar-refractivity contribution is -0.139. The summed E-state index contributed by atoms with van der Waals surface area (Å²) in [4.78, 5) is 11.5. The van der Waals surface area contributed by atoms with Crippen LogP contribution in [0.5, 0.6) is 5.75 Å². The molecule has 0 spiro atoms. The van der Waals surface area contributed by atoms with E-state index in [1.165, 1.54) is 11.1 Å². The summed E-state index contributed by atoms with van der Waals surface area (Å²) >= 11 is 0. The van der Waals surface area contributed by atoms with Crippen molar-refractivity contribution in [1.82, 2.24) is 0 Å². The van der Waals surface area contributed by atoms with Crippen LogP contribution in [0.15, 0.2) is 78.9 Å². The van der Waals surface area contributed by atoms with E-state index in [0.29, 0.717) is 17.7 Å². The third kappa shape index (κ3) is 5.83. The number of esters is 1. The molecule has 0 aromatic heterocycles. The van der Waals surface area contributed by atoms with Crippen LogP contribution < -0.4 is 4.74 Å². The van der Waals surface area contributed by atoms with Crippen LogP contribution in [-0.2, 0) is 16.0 Å². The highest BCUT2D eigenvalue weighted by atomic mass is 16.6. The lowest BCUT2D eigenvalue weighted by atomic mass is 9.94. The number of aryl methyl sites for hydroxylation is 1. The van der Waals surface area contributed by atoms with E-state index in [9.17, 15) is 9.90 Å². The summed E-state index contributed by atoms with van der Waals surface area (Å²) in [5.74, 6) is 0.256. The SMILES string of the molecule is C=C(C)C(=O)OCCOc1cc(-c2ccc(-c3ccccc3)cc2C)ccc1CCO. The molecule has 0 saturated heterocycles. The highest BCUT2D eigenvalue weighted by Gasteiger charge is 2.10. The zero-order valence-corrected chi connectivity index (χ0v) is 18.1. The van der Waals surface area contributed by atoms with Crippen LogP contribution >= 0.6 is 0 Å². The quantitative estimate of drug-likeness (QED) is 0.290. The summed E-state index contributed by atoms with van der Waals surface area (Å²) in [5, 5.41) is 9.38. The summed E-state index contributed by atoms with van der Waals surface area (Å²) in [6.45, 7) is 7.67. The van der Waals surface area contributed by atoms with Crippen molar-refractivity contribution in [3.8, 4) is 28.0 Å². The molecule has 3 aromatic carbocycles. The van der Waals surface area contributed by atoms with Crippen LogP contribution in [0, 0.1) is 6.92 Å². The van der Waals surface area contributed by atoms with Gasteiger partial charge in [0.2, 0.25) is 0 Å². The number of benzene rings is 3. The van der Waals surface area contributed by atoms with Gasteiger partial charge in [0.25, 0.3) is 0 Å². The maximum Gasteiger partial charge on any atom is 0.333 e. The molecule has 0 heterocycles. The van der Waals surface area contributed by atoms with Crippen LogP contribution in [-0.4, -0.2) is 30.9 Å². The number of rotatable bonds is 9. The van der Waals surface area contributed by atoms with E-state index in [0.717, 1.165) is 22.3 Å². The van der Waals surface area contributed by atoms with Crippen LogP contribution in [0.2, 0.25) is 0 Å². The van der Waals surface area contributed by atoms with Crippen molar-refractivity contribution in [1.29, 1.82) is 0 Å². The van der Waals surface area contributed by atoms with Gasteiger partial charge in [0.15, 0.2) is 0 Å². The molecule has 0 aliphatic heterocycles. The second-order valence-corrected chi connectivity index (χ2v) is 7.46. The molecule has 0 fully saturated rings. The average Bonchev–Trinajstić information content (AvgIpc) is 2.78. The minimum Gasteiger partial charge on any atom is -0.490 e. The second-order valence-electron chi connectivity index (χ2n) is 7.46. The Hall–Kier alpha value is -3.37.